The first-order valence-electron chi connectivity index (χ1n) is 21.6. The van der Waals surface area contributed by atoms with Gasteiger partial charge in [-0.15, -0.1) is 12.4 Å². The number of urea groups is 1. The van der Waals surface area contributed by atoms with Crippen LogP contribution in [0.4, 0.5) is 16.2 Å². The molecule has 0 fully saturated rings. The van der Waals surface area contributed by atoms with Crippen molar-refractivity contribution < 1.29 is 55.0 Å². The highest BCUT2D eigenvalue weighted by Gasteiger charge is 2.40. The van der Waals surface area contributed by atoms with Gasteiger partial charge in [-0.3, -0.25) is 14.4 Å². The number of nitrogens with zero attached hydrogens (tertiary/aromatic N) is 4. The van der Waals surface area contributed by atoms with Gasteiger partial charge in [0.25, 0.3) is 11.8 Å². The first-order chi connectivity index (χ1) is 32.4. The van der Waals surface area contributed by atoms with Crippen LogP contribution in [0.15, 0.2) is 60.7 Å². The summed E-state index contributed by atoms with van der Waals surface area (Å²) in [6, 6.07) is 14.5. The lowest BCUT2D eigenvalue weighted by molar-refractivity contribution is -0.116. The van der Waals surface area contributed by atoms with E-state index < -0.39 is 49.6 Å². The minimum Gasteiger partial charge on any atom is -0.493 e. The van der Waals surface area contributed by atoms with Crippen molar-refractivity contribution in [2.75, 3.05) is 96.8 Å². The standard InChI is InChI=1S/C24H30ClN3O6S.C23H28ClN3O6S.ClH/c1-6-34-21-11-15(7-10-20(21)33-4)19(14-35(5,31)32)28-12-16-17(25)8-9-18(23(16)24(28)30)26-22(29)13-27(2)3;1-6-33-20-11-14(7-10-19(20)32-4)18(13-34(5,30)31)27-12-15-16(24)8-9-17(21(15)22(27)28)25-23(29)26(2)3;/h7-11,19H,6,12-14H2,1-5H3,(H,26,29);7-11,18H,6,12-13H2,1-5H3,(H,25,29);1H/t19-;18-;/m00./s1. The Bertz CT molecular complexity index is 2830. The van der Waals surface area contributed by atoms with Gasteiger partial charge < -0.3 is 49.2 Å². The van der Waals surface area contributed by atoms with Crippen molar-refractivity contribution in [3.05, 3.63) is 104 Å². The number of halogens is 3. The van der Waals surface area contributed by atoms with Crippen molar-refractivity contribution >= 4 is 90.4 Å². The van der Waals surface area contributed by atoms with E-state index in [4.69, 9.17) is 42.1 Å². The maximum Gasteiger partial charge on any atom is 0.321 e. The molecule has 0 radical (unpaired) electrons. The summed E-state index contributed by atoms with van der Waals surface area (Å²) >= 11 is 12.8. The van der Waals surface area contributed by atoms with Crippen LogP contribution in [0.25, 0.3) is 0 Å². The zero-order valence-electron chi connectivity index (χ0n) is 40.5. The van der Waals surface area contributed by atoms with Crippen LogP contribution in [-0.2, 0) is 37.6 Å². The van der Waals surface area contributed by atoms with Crippen molar-refractivity contribution in [1.82, 2.24) is 19.6 Å². The summed E-state index contributed by atoms with van der Waals surface area (Å²) < 4.78 is 71.5. The van der Waals surface area contributed by atoms with Gasteiger partial charge in [-0.1, -0.05) is 35.3 Å². The second kappa shape index (κ2) is 24.1. The molecule has 0 aliphatic carbocycles. The van der Waals surface area contributed by atoms with Gasteiger partial charge in [0.2, 0.25) is 5.91 Å². The number of likely N-dealkylation sites (N-methyl/N-ethyl adjacent to an activating group) is 1. The number of carbonyl (C=O) groups excluding carboxylic acids is 4. The van der Waals surface area contributed by atoms with Gasteiger partial charge in [0.15, 0.2) is 23.0 Å². The average molecular weight is 1070 g/mol. The molecule has 0 saturated heterocycles. The van der Waals surface area contributed by atoms with E-state index in [-0.39, 0.29) is 60.6 Å². The number of hydrogen-bond acceptors (Lipinski definition) is 13. The molecule has 23 heteroatoms. The lowest BCUT2D eigenvalue weighted by Crippen LogP contribution is -2.34. The van der Waals surface area contributed by atoms with Crippen LogP contribution in [0.1, 0.15) is 68.9 Å². The second-order valence-corrected chi connectivity index (χ2v) is 22.0. The Morgan fingerprint density at radius 1 is 0.657 bits per heavy atom. The molecule has 5 amide bonds. The molecular weight excluding hydrogens is 1010 g/mol. The highest BCUT2D eigenvalue weighted by Crippen LogP contribution is 2.43. The second-order valence-electron chi connectivity index (χ2n) is 16.8. The summed E-state index contributed by atoms with van der Waals surface area (Å²) in [5, 5.41) is 6.22. The zero-order valence-corrected chi connectivity index (χ0v) is 44.5. The molecule has 0 unspecified atom stereocenters. The van der Waals surface area contributed by atoms with E-state index in [1.165, 1.54) is 28.9 Å². The van der Waals surface area contributed by atoms with Crippen molar-refractivity contribution in [1.29, 1.82) is 0 Å². The minimum atomic E-state index is -3.49. The molecule has 70 heavy (non-hydrogen) atoms. The smallest absolute Gasteiger partial charge is 0.321 e. The maximum atomic E-state index is 13.7. The molecule has 0 aromatic heterocycles. The number of sulfone groups is 2. The Morgan fingerprint density at radius 3 is 1.40 bits per heavy atom. The number of fused-ring (bicyclic) bond motifs is 2. The first kappa shape index (κ1) is 57.1. The van der Waals surface area contributed by atoms with E-state index in [1.54, 1.807) is 93.8 Å². The minimum absolute atomic E-state index is 0. The molecule has 4 aromatic carbocycles. The van der Waals surface area contributed by atoms with Gasteiger partial charge >= 0.3 is 6.03 Å². The number of methoxy groups -OCH3 is 2. The van der Waals surface area contributed by atoms with Crippen LogP contribution in [-0.4, -0.2) is 146 Å². The monoisotopic (exact) mass is 1070 g/mol. The number of hydrogen-bond donors (Lipinski definition) is 2. The van der Waals surface area contributed by atoms with Crippen LogP contribution >= 0.6 is 35.6 Å². The summed E-state index contributed by atoms with van der Waals surface area (Å²) in [6.45, 7) is 4.75. The Kier molecular flexibility index (Phi) is 19.6. The number of nitrogens with one attached hydrogen (secondary N) is 2. The lowest BCUT2D eigenvalue weighted by Gasteiger charge is -2.28. The predicted molar refractivity (Wildman–Crippen MR) is 273 cm³/mol. The highest BCUT2D eigenvalue weighted by atomic mass is 35.5. The SMILES string of the molecule is CCOc1cc([C@H](CS(C)(=O)=O)N2Cc3c(Cl)ccc(NC(=O)CN(C)C)c3C2=O)ccc1OC.CCOc1cc([C@H](CS(C)(=O)=O)N2Cc3c(Cl)ccc(NC(=O)N(C)C)c3C2=O)ccc1OC.Cl. The van der Waals surface area contributed by atoms with Crippen LogP contribution < -0.4 is 29.6 Å². The van der Waals surface area contributed by atoms with E-state index in [0.717, 1.165) is 12.5 Å². The fraction of sp³-hybridized carbons (Fsp3) is 0.404. The number of carbonyl (C=O) groups is 4. The van der Waals surface area contributed by atoms with Gasteiger partial charge in [0.05, 0.1) is 80.1 Å². The Labute approximate surface area is 425 Å². The molecule has 2 aliphatic heterocycles. The number of ether oxygens (including phenoxy) is 4. The van der Waals surface area contributed by atoms with Crippen LogP contribution in [0.2, 0.25) is 10.0 Å². The van der Waals surface area contributed by atoms with E-state index >= 15 is 0 Å². The molecule has 4 aromatic rings. The Morgan fingerprint density at radius 2 is 1.06 bits per heavy atom. The fourth-order valence-electron chi connectivity index (χ4n) is 7.87. The van der Waals surface area contributed by atoms with Gasteiger partial charge in [0.1, 0.15) is 19.7 Å². The Balaban J connectivity index is 0.000000300. The molecule has 2 atom stereocenters. The first-order valence-corrected chi connectivity index (χ1v) is 26.4. The van der Waals surface area contributed by atoms with E-state index in [2.05, 4.69) is 10.6 Å². The largest absolute Gasteiger partial charge is 0.493 e. The van der Waals surface area contributed by atoms with E-state index in [0.29, 0.717) is 79.9 Å². The van der Waals surface area contributed by atoms with Crippen molar-refractivity contribution in [2.24, 2.45) is 0 Å². The molecule has 0 spiro atoms. The third-order valence-corrected chi connectivity index (χ3v) is 13.5. The molecule has 2 aliphatic rings. The van der Waals surface area contributed by atoms with E-state index in [1.807, 2.05) is 13.8 Å². The molecule has 0 bridgehead atoms. The summed E-state index contributed by atoms with van der Waals surface area (Å²) in [5.41, 5.74) is 3.39. The van der Waals surface area contributed by atoms with Gasteiger partial charge in [-0.2, -0.15) is 0 Å². The normalized spacial score (nSPS) is 13.8. The van der Waals surface area contributed by atoms with Crippen LogP contribution in [0.5, 0.6) is 23.0 Å². The van der Waals surface area contributed by atoms with Gasteiger partial charge in [0, 0.05) is 60.9 Å². The van der Waals surface area contributed by atoms with Crippen LogP contribution in [0.3, 0.4) is 0 Å². The fourth-order valence-corrected chi connectivity index (χ4v) is 10.2. The molecule has 2 heterocycles. The summed E-state index contributed by atoms with van der Waals surface area (Å²) in [7, 11) is 2.75. The number of amides is 5. The highest BCUT2D eigenvalue weighted by molar-refractivity contribution is 7.90. The van der Waals surface area contributed by atoms with Gasteiger partial charge in [-0.05, 0) is 87.6 Å². The Hall–Kier alpha value is -5.51. The molecule has 2 N–H and O–H groups in total. The summed E-state index contributed by atoms with van der Waals surface area (Å²) in [4.78, 5) is 57.9. The number of anilines is 2. The topological polar surface area (TPSA) is 210 Å². The van der Waals surface area contributed by atoms with Crippen LogP contribution in [0, 0.1) is 0 Å². The predicted octanol–water partition coefficient (Wildman–Crippen LogP) is 6.99. The van der Waals surface area contributed by atoms with Crippen molar-refractivity contribution in [3.63, 3.8) is 0 Å². The molecule has 0 saturated carbocycles. The quantitative estimate of drug-likeness (QED) is 0.103. The zero-order chi connectivity index (χ0) is 51.1. The molecular formula is C47H59Cl3N6O12S2. The third kappa shape index (κ3) is 13.9. The molecule has 6 rings (SSSR count). The number of rotatable bonds is 18. The third-order valence-electron chi connectivity index (χ3n) is 10.9. The van der Waals surface area contributed by atoms with Crippen molar-refractivity contribution in [2.45, 2.75) is 39.0 Å². The maximum absolute atomic E-state index is 13.7. The van der Waals surface area contributed by atoms with Gasteiger partial charge in [-0.25, -0.2) is 21.6 Å². The van der Waals surface area contributed by atoms with E-state index in [9.17, 15) is 36.0 Å². The summed E-state index contributed by atoms with van der Waals surface area (Å²) in [5.74, 6) is 0.169. The van der Waals surface area contributed by atoms with Crippen molar-refractivity contribution in [3.8, 4) is 23.0 Å². The lowest BCUT2D eigenvalue weighted by atomic mass is 10.1. The molecule has 18 nitrogen and oxygen atoms in total. The molecule has 382 valence electrons. The number of benzene rings is 4. The average Bonchev–Trinajstić information content (AvgIpc) is 3.81. The summed E-state index contributed by atoms with van der Waals surface area (Å²) in [6.07, 6.45) is 2.25.